The van der Waals surface area contributed by atoms with Gasteiger partial charge in [0.1, 0.15) is 0 Å². The van der Waals surface area contributed by atoms with Gasteiger partial charge in [-0.1, -0.05) is 44.2 Å². The molecular weight excluding hydrogens is 220 g/mol. The molecule has 1 aliphatic rings. The second-order valence-corrected chi connectivity index (χ2v) is 6.49. The summed E-state index contributed by atoms with van der Waals surface area (Å²) < 4.78 is 0. The lowest BCUT2D eigenvalue weighted by Gasteiger charge is -2.43. The Morgan fingerprint density at radius 3 is 2.22 bits per heavy atom. The Labute approximate surface area is 111 Å². The van der Waals surface area contributed by atoms with Crippen molar-refractivity contribution in [3.63, 3.8) is 0 Å². The van der Waals surface area contributed by atoms with E-state index in [-0.39, 0.29) is 5.54 Å². The smallest absolute Gasteiger partial charge is 0.0307 e. The quantitative estimate of drug-likeness (QED) is 0.857. The van der Waals surface area contributed by atoms with Gasteiger partial charge in [0.15, 0.2) is 0 Å². The molecule has 1 saturated carbocycles. The Morgan fingerprint density at radius 1 is 1.06 bits per heavy atom. The van der Waals surface area contributed by atoms with E-state index >= 15 is 0 Å². The van der Waals surface area contributed by atoms with Crippen molar-refractivity contribution in [3.8, 4) is 0 Å². The van der Waals surface area contributed by atoms with E-state index in [9.17, 15) is 0 Å². The minimum atomic E-state index is 0.158. The Balaban J connectivity index is 1.94. The highest BCUT2D eigenvalue weighted by molar-refractivity contribution is 5.15. The molecule has 18 heavy (non-hydrogen) atoms. The molecule has 0 radical (unpaired) electrons. The first-order chi connectivity index (χ1) is 8.55. The van der Waals surface area contributed by atoms with Crippen LogP contribution in [-0.4, -0.2) is 12.1 Å². The first-order valence-corrected chi connectivity index (χ1v) is 7.04. The van der Waals surface area contributed by atoms with Gasteiger partial charge in [-0.3, -0.25) is 0 Å². The molecule has 2 heteroatoms. The molecule has 0 spiro atoms. The van der Waals surface area contributed by atoms with Crippen LogP contribution in [0.2, 0.25) is 0 Å². The normalized spacial score (nSPS) is 21.7. The van der Waals surface area contributed by atoms with Crippen molar-refractivity contribution in [3.05, 3.63) is 35.9 Å². The van der Waals surface area contributed by atoms with Gasteiger partial charge in [0.2, 0.25) is 0 Å². The molecule has 0 saturated heterocycles. The molecule has 100 valence electrons. The lowest BCUT2D eigenvalue weighted by molar-refractivity contribution is 0.138. The van der Waals surface area contributed by atoms with Crippen LogP contribution in [0.1, 0.15) is 45.1 Å². The molecule has 0 aromatic heterocycles. The highest BCUT2D eigenvalue weighted by Gasteiger charge is 2.36. The lowest BCUT2D eigenvalue weighted by atomic mass is 9.69. The van der Waals surface area contributed by atoms with Gasteiger partial charge in [0, 0.05) is 18.6 Å². The van der Waals surface area contributed by atoms with Gasteiger partial charge in [-0.05, 0) is 36.7 Å². The van der Waals surface area contributed by atoms with Crippen LogP contribution in [0.4, 0.5) is 0 Å². The van der Waals surface area contributed by atoms with Crippen LogP contribution < -0.4 is 11.1 Å². The summed E-state index contributed by atoms with van der Waals surface area (Å²) in [6, 6.07) is 10.6. The third-order valence-corrected chi connectivity index (χ3v) is 4.46. The molecule has 1 aromatic carbocycles. The van der Waals surface area contributed by atoms with Crippen molar-refractivity contribution >= 4 is 0 Å². The summed E-state index contributed by atoms with van der Waals surface area (Å²) in [6.07, 6.45) is 4.94. The van der Waals surface area contributed by atoms with Gasteiger partial charge in [-0.25, -0.2) is 0 Å². The summed E-state index contributed by atoms with van der Waals surface area (Å²) in [5, 5.41) is 3.71. The SMILES string of the molecule is CC1(C)CCC(CN)(NCc2ccccc2)CC1. The largest absolute Gasteiger partial charge is 0.329 e. The monoisotopic (exact) mass is 246 g/mol. The molecule has 2 rings (SSSR count). The first-order valence-electron chi connectivity index (χ1n) is 7.04. The molecule has 0 atom stereocenters. The molecule has 0 unspecified atom stereocenters. The number of hydrogen-bond donors (Lipinski definition) is 2. The zero-order valence-corrected chi connectivity index (χ0v) is 11.7. The van der Waals surface area contributed by atoms with Crippen LogP contribution in [0.25, 0.3) is 0 Å². The van der Waals surface area contributed by atoms with Crippen molar-refractivity contribution in [2.24, 2.45) is 11.1 Å². The van der Waals surface area contributed by atoms with Crippen molar-refractivity contribution in [1.82, 2.24) is 5.32 Å². The van der Waals surface area contributed by atoms with Crippen molar-refractivity contribution in [2.45, 2.75) is 51.6 Å². The van der Waals surface area contributed by atoms with E-state index in [0.717, 1.165) is 13.1 Å². The van der Waals surface area contributed by atoms with Crippen molar-refractivity contribution in [1.29, 1.82) is 0 Å². The highest BCUT2D eigenvalue weighted by atomic mass is 15.0. The summed E-state index contributed by atoms with van der Waals surface area (Å²) in [5.74, 6) is 0. The minimum Gasteiger partial charge on any atom is -0.329 e. The van der Waals surface area contributed by atoms with Crippen LogP contribution in [0.15, 0.2) is 30.3 Å². The number of hydrogen-bond acceptors (Lipinski definition) is 2. The predicted octanol–water partition coefficient (Wildman–Crippen LogP) is 3.07. The van der Waals surface area contributed by atoms with E-state index in [0.29, 0.717) is 5.41 Å². The second kappa shape index (κ2) is 5.41. The third-order valence-electron chi connectivity index (χ3n) is 4.46. The topological polar surface area (TPSA) is 38.0 Å². The summed E-state index contributed by atoms with van der Waals surface area (Å²) in [5.41, 5.74) is 8.02. The molecule has 1 aliphatic carbocycles. The highest BCUT2D eigenvalue weighted by Crippen LogP contribution is 2.39. The molecular formula is C16H26N2. The van der Waals surface area contributed by atoms with Gasteiger partial charge in [-0.15, -0.1) is 0 Å². The zero-order valence-electron chi connectivity index (χ0n) is 11.7. The van der Waals surface area contributed by atoms with Gasteiger partial charge in [0.05, 0.1) is 0 Å². The maximum atomic E-state index is 6.03. The van der Waals surface area contributed by atoms with E-state index in [1.807, 2.05) is 0 Å². The van der Waals surface area contributed by atoms with E-state index in [1.165, 1.54) is 31.2 Å². The molecule has 1 fully saturated rings. The average Bonchev–Trinajstić information content (AvgIpc) is 2.40. The molecule has 0 aliphatic heterocycles. The summed E-state index contributed by atoms with van der Waals surface area (Å²) in [6.45, 7) is 6.41. The van der Waals surface area contributed by atoms with Crippen LogP contribution >= 0.6 is 0 Å². The maximum Gasteiger partial charge on any atom is 0.0307 e. The lowest BCUT2D eigenvalue weighted by Crippen LogP contribution is -2.53. The molecule has 0 bridgehead atoms. The molecule has 0 amide bonds. The zero-order chi connectivity index (χ0) is 13.1. The number of rotatable bonds is 4. The molecule has 2 nitrogen and oxygen atoms in total. The van der Waals surface area contributed by atoms with E-state index < -0.39 is 0 Å². The fraction of sp³-hybridized carbons (Fsp3) is 0.625. The maximum absolute atomic E-state index is 6.03. The first kappa shape index (κ1) is 13.6. The van der Waals surface area contributed by atoms with Gasteiger partial charge >= 0.3 is 0 Å². The molecule has 1 aromatic rings. The van der Waals surface area contributed by atoms with Crippen LogP contribution in [-0.2, 0) is 6.54 Å². The third kappa shape index (κ3) is 3.33. The molecule has 3 N–H and O–H groups in total. The number of nitrogens with two attached hydrogens (primary N) is 1. The van der Waals surface area contributed by atoms with Crippen LogP contribution in [0.5, 0.6) is 0 Å². The van der Waals surface area contributed by atoms with Gasteiger partial charge < -0.3 is 11.1 Å². The Morgan fingerprint density at radius 2 is 1.67 bits per heavy atom. The van der Waals surface area contributed by atoms with E-state index in [2.05, 4.69) is 49.5 Å². The van der Waals surface area contributed by atoms with Gasteiger partial charge in [0.25, 0.3) is 0 Å². The summed E-state index contributed by atoms with van der Waals surface area (Å²) in [4.78, 5) is 0. The van der Waals surface area contributed by atoms with Gasteiger partial charge in [-0.2, -0.15) is 0 Å². The van der Waals surface area contributed by atoms with Crippen molar-refractivity contribution in [2.75, 3.05) is 6.54 Å². The summed E-state index contributed by atoms with van der Waals surface area (Å²) in [7, 11) is 0. The fourth-order valence-electron chi connectivity index (χ4n) is 2.74. The van der Waals surface area contributed by atoms with Crippen molar-refractivity contribution < 1.29 is 0 Å². The predicted molar refractivity (Wildman–Crippen MR) is 77.3 cm³/mol. The molecule has 0 heterocycles. The van der Waals surface area contributed by atoms with Crippen LogP contribution in [0.3, 0.4) is 0 Å². The Kier molecular flexibility index (Phi) is 4.08. The number of nitrogens with one attached hydrogen (secondary N) is 1. The second-order valence-electron chi connectivity index (χ2n) is 6.49. The van der Waals surface area contributed by atoms with Crippen LogP contribution in [0, 0.1) is 5.41 Å². The summed E-state index contributed by atoms with van der Waals surface area (Å²) >= 11 is 0. The Bertz CT molecular complexity index is 360. The minimum absolute atomic E-state index is 0.158. The van der Waals surface area contributed by atoms with E-state index in [1.54, 1.807) is 0 Å². The fourth-order valence-corrected chi connectivity index (χ4v) is 2.74. The Hall–Kier alpha value is -0.860. The standard InChI is InChI=1S/C16H26N2/c1-15(2)8-10-16(13-17,11-9-15)18-12-14-6-4-3-5-7-14/h3-7,18H,8-13,17H2,1-2H3. The number of benzene rings is 1. The van der Waals surface area contributed by atoms with E-state index in [4.69, 9.17) is 5.73 Å². The average molecular weight is 246 g/mol.